The highest BCUT2D eigenvalue weighted by Crippen LogP contribution is 1.89. The van der Waals surface area contributed by atoms with Crippen LogP contribution in [0, 0.1) is 0 Å². The van der Waals surface area contributed by atoms with Crippen LogP contribution in [-0.2, 0) is 14.2 Å². The van der Waals surface area contributed by atoms with E-state index in [4.69, 9.17) is 14.2 Å². The molecular weight excluding hydrogens is 320 g/mol. The predicted octanol–water partition coefficient (Wildman–Crippen LogP) is 1.34. The van der Waals surface area contributed by atoms with Crippen molar-refractivity contribution >= 4 is 5.96 Å². The number of aliphatic imine (C=N–C) groups is 1. The number of rotatable bonds is 17. The van der Waals surface area contributed by atoms with Gasteiger partial charge < -0.3 is 29.7 Å². The van der Waals surface area contributed by atoms with Crippen molar-refractivity contribution in [1.82, 2.24) is 15.5 Å². The van der Waals surface area contributed by atoms with Crippen molar-refractivity contribution in [2.45, 2.75) is 33.1 Å². The Morgan fingerprint density at radius 2 is 1.68 bits per heavy atom. The van der Waals surface area contributed by atoms with Crippen molar-refractivity contribution in [3.8, 4) is 0 Å². The Hall–Kier alpha value is -0.890. The smallest absolute Gasteiger partial charge is 0.191 e. The number of unbranched alkanes of at least 4 members (excludes halogenated alkanes) is 1. The largest absolute Gasteiger partial charge is 0.383 e. The molecule has 0 aromatic heterocycles. The molecule has 7 heteroatoms. The van der Waals surface area contributed by atoms with Gasteiger partial charge in [-0.1, -0.05) is 13.3 Å². The maximum atomic E-state index is 5.55. The Morgan fingerprint density at radius 3 is 2.36 bits per heavy atom. The second kappa shape index (κ2) is 19.4. The zero-order valence-corrected chi connectivity index (χ0v) is 16.8. The van der Waals surface area contributed by atoms with Crippen molar-refractivity contribution in [3.63, 3.8) is 0 Å². The molecule has 0 aliphatic carbocycles. The summed E-state index contributed by atoms with van der Waals surface area (Å²) in [4.78, 5) is 6.85. The topological polar surface area (TPSA) is 67.4 Å². The van der Waals surface area contributed by atoms with Crippen LogP contribution in [0.5, 0.6) is 0 Å². The average molecular weight is 361 g/mol. The van der Waals surface area contributed by atoms with Gasteiger partial charge >= 0.3 is 0 Å². The standard InChI is InChI=1S/C18H40N4O3/c1-5-7-13-24-16-17-25-14-10-21-18(19-6-2)20-9-8-11-22(3)12-15-23-4/h5-17H2,1-4H3,(H2,19,20,21). The first-order valence-electron chi connectivity index (χ1n) is 9.59. The van der Waals surface area contributed by atoms with Gasteiger partial charge in [-0.15, -0.1) is 0 Å². The third-order valence-electron chi connectivity index (χ3n) is 3.54. The molecule has 0 heterocycles. The molecule has 7 nitrogen and oxygen atoms in total. The lowest BCUT2D eigenvalue weighted by Gasteiger charge is -2.15. The first-order chi connectivity index (χ1) is 12.2. The molecule has 0 aliphatic rings. The number of nitrogens with zero attached hydrogens (tertiary/aromatic N) is 2. The van der Waals surface area contributed by atoms with Crippen molar-refractivity contribution in [2.24, 2.45) is 4.99 Å². The summed E-state index contributed by atoms with van der Waals surface area (Å²) in [6.07, 6.45) is 3.31. The van der Waals surface area contributed by atoms with E-state index in [1.54, 1.807) is 7.11 Å². The van der Waals surface area contributed by atoms with Crippen molar-refractivity contribution < 1.29 is 14.2 Å². The molecule has 0 aromatic carbocycles. The van der Waals surface area contributed by atoms with E-state index in [9.17, 15) is 0 Å². The van der Waals surface area contributed by atoms with Crippen LogP contribution in [0.25, 0.3) is 0 Å². The van der Waals surface area contributed by atoms with Gasteiger partial charge in [0.2, 0.25) is 0 Å². The molecule has 0 unspecified atom stereocenters. The van der Waals surface area contributed by atoms with Gasteiger partial charge in [0.05, 0.1) is 26.4 Å². The summed E-state index contributed by atoms with van der Waals surface area (Å²) in [5, 5.41) is 6.55. The fraction of sp³-hybridized carbons (Fsp3) is 0.944. The summed E-state index contributed by atoms with van der Waals surface area (Å²) in [6.45, 7) is 12.2. The van der Waals surface area contributed by atoms with Gasteiger partial charge in [-0.3, -0.25) is 4.99 Å². The van der Waals surface area contributed by atoms with Gasteiger partial charge in [0, 0.05) is 39.9 Å². The van der Waals surface area contributed by atoms with Crippen LogP contribution in [0.4, 0.5) is 0 Å². The number of guanidine groups is 1. The summed E-state index contributed by atoms with van der Waals surface area (Å²) in [5.41, 5.74) is 0. The van der Waals surface area contributed by atoms with Gasteiger partial charge in [-0.25, -0.2) is 0 Å². The fourth-order valence-corrected chi connectivity index (χ4v) is 2.04. The van der Waals surface area contributed by atoms with E-state index in [2.05, 4.69) is 41.4 Å². The Balaban J connectivity index is 3.68. The lowest BCUT2D eigenvalue weighted by Crippen LogP contribution is -2.39. The fourth-order valence-electron chi connectivity index (χ4n) is 2.04. The number of ether oxygens (including phenoxy) is 3. The highest BCUT2D eigenvalue weighted by Gasteiger charge is 1.99. The van der Waals surface area contributed by atoms with Gasteiger partial charge in [0.15, 0.2) is 5.96 Å². The lowest BCUT2D eigenvalue weighted by molar-refractivity contribution is 0.0487. The highest BCUT2D eigenvalue weighted by molar-refractivity contribution is 5.79. The Bertz CT molecular complexity index is 304. The van der Waals surface area contributed by atoms with Crippen LogP contribution < -0.4 is 10.6 Å². The Kier molecular flexibility index (Phi) is 18.7. The summed E-state index contributed by atoms with van der Waals surface area (Å²) < 4.78 is 16.1. The molecule has 0 aromatic rings. The predicted molar refractivity (Wildman–Crippen MR) is 105 cm³/mol. The maximum absolute atomic E-state index is 5.55. The second-order valence-electron chi connectivity index (χ2n) is 5.92. The highest BCUT2D eigenvalue weighted by atomic mass is 16.5. The van der Waals surface area contributed by atoms with Gasteiger partial charge in [-0.05, 0) is 33.4 Å². The van der Waals surface area contributed by atoms with Crippen LogP contribution in [0.15, 0.2) is 4.99 Å². The monoisotopic (exact) mass is 360 g/mol. The second-order valence-corrected chi connectivity index (χ2v) is 5.92. The molecule has 0 fully saturated rings. The van der Waals surface area contributed by atoms with Crippen LogP contribution in [0.3, 0.4) is 0 Å². The number of nitrogens with one attached hydrogen (secondary N) is 2. The first kappa shape index (κ1) is 24.1. The molecule has 0 amide bonds. The minimum absolute atomic E-state index is 0.646. The molecule has 25 heavy (non-hydrogen) atoms. The molecule has 150 valence electrons. The summed E-state index contributed by atoms with van der Waals surface area (Å²) in [6, 6.07) is 0. The van der Waals surface area contributed by atoms with E-state index in [0.29, 0.717) is 19.8 Å². The normalized spacial score (nSPS) is 12.0. The Morgan fingerprint density at radius 1 is 0.920 bits per heavy atom. The molecule has 0 spiro atoms. The van der Waals surface area contributed by atoms with Crippen LogP contribution in [0.1, 0.15) is 33.1 Å². The summed E-state index contributed by atoms with van der Waals surface area (Å²) in [7, 11) is 3.84. The zero-order chi connectivity index (χ0) is 18.6. The molecule has 0 bridgehead atoms. The molecule has 0 aliphatic heterocycles. The molecule has 0 atom stereocenters. The molecule has 2 N–H and O–H groups in total. The first-order valence-corrected chi connectivity index (χ1v) is 9.59. The van der Waals surface area contributed by atoms with Crippen molar-refractivity contribution in [2.75, 3.05) is 79.9 Å². The van der Waals surface area contributed by atoms with Gasteiger partial charge in [-0.2, -0.15) is 0 Å². The quantitative estimate of drug-likeness (QED) is 0.232. The molecule has 0 saturated carbocycles. The number of hydrogen-bond donors (Lipinski definition) is 2. The van der Waals surface area contributed by atoms with E-state index >= 15 is 0 Å². The SMILES string of the molecule is CCCCOCCOCCNC(=NCCCN(C)CCOC)NCC. The minimum atomic E-state index is 0.646. The lowest BCUT2D eigenvalue weighted by atomic mass is 10.4. The summed E-state index contributed by atoms with van der Waals surface area (Å²) in [5.74, 6) is 0.852. The minimum Gasteiger partial charge on any atom is -0.383 e. The van der Waals surface area contributed by atoms with Crippen LogP contribution >= 0.6 is 0 Å². The van der Waals surface area contributed by atoms with E-state index < -0.39 is 0 Å². The zero-order valence-electron chi connectivity index (χ0n) is 16.8. The van der Waals surface area contributed by atoms with Crippen molar-refractivity contribution in [1.29, 1.82) is 0 Å². The Labute approximate surface area is 154 Å². The van der Waals surface area contributed by atoms with E-state index in [1.807, 2.05) is 0 Å². The molecular formula is C18H40N4O3. The van der Waals surface area contributed by atoms with Crippen molar-refractivity contribution in [3.05, 3.63) is 0 Å². The maximum Gasteiger partial charge on any atom is 0.191 e. The molecule has 0 saturated heterocycles. The van der Waals surface area contributed by atoms with Crippen LogP contribution in [0.2, 0.25) is 0 Å². The van der Waals surface area contributed by atoms with E-state index in [1.165, 1.54) is 6.42 Å². The van der Waals surface area contributed by atoms with Gasteiger partial charge in [0.1, 0.15) is 0 Å². The molecule has 0 radical (unpaired) electrons. The number of likely N-dealkylation sites (N-methyl/N-ethyl adjacent to an activating group) is 1. The number of methoxy groups -OCH3 is 1. The third-order valence-corrected chi connectivity index (χ3v) is 3.54. The molecule has 0 rings (SSSR count). The number of hydrogen-bond acceptors (Lipinski definition) is 5. The van der Waals surface area contributed by atoms with Gasteiger partial charge in [0.25, 0.3) is 0 Å². The third kappa shape index (κ3) is 17.7. The van der Waals surface area contributed by atoms with E-state index in [0.717, 1.165) is 64.7 Å². The van der Waals surface area contributed by atoms with E-state index in [-0.39, 0.29) is 0 Å². The summed E-state index contributed by atoms with van der Waals surface area (Å²) >= 11 is 0. The van der Waals surface area contributed by atoms with Crippen LogP contribution in [-0.4, -0.2) is 90.8 Å². The average Bonchev–Trinajstić information content (AvgIpc) is 2.61.